The molecule has 0 saturated carbocycles. The first-order chi connectivity index (χ1) is 16.6. The van der Waals surface area contributed by atoms with E-state index in [0.717, 1.165) is 54.8 Å². The van der Waals surface area contributed by atoms with Gasteiger partial charge in [-0.1, -0.05) is 36.2 Å². The lowest BCUT2D eigenvalue weighted by atomic mass is 10.1. The molecule has 176 valence electrons. The minimum absolute atomic E-state index is 0.171. The molecule has 0 fully saturated rings. The van der Waals surface area contributed by atoms with Crippen molar-refractivity contribution < 1.29 is 13.9 Å². The summed E-state index contributed by atoms with van der Waals surface area (Å²) in [6, 6.07) is 21.9. The van der Waals surface area contributed by atoms with Crippen LogP contribution in [0.3, 0.4) is 0 Å². The number of unbranched alkanes of at least 4 members (excludes halogenated alkanes) is 2. The fourth-order valence-electron chi connectivity index (χ4n) is 3.95. The van der Waals surface area contributed by atoms with E-state index in [-0.39, 0.29) is 11.7 Å². The number of imidazole rings is 1. The van der Waals surface area contributed by atoms with Crippen molar-refractivity contribution in [2.24, 2.45) is 0 Å². The Labute approximate surface area is 199 Å². The number of para-hydroxylation sites is 2. The Morgan fingerprint density at radius 2 is 1.74 bits per heavy atom. The van der Waals surface area contributed by atoms with Gasteiger partial charge in [-0.15, -0.1) is 0 Å². The van der Waals surface area contributed by atoms with E-state index < -0.39 is 0 Å². The average Bonchev–Trinajstić information content (AvgIpc) is 3.20. The van der Waals surface area contributed by atoms with E-state index in [1.165, 1.54) is 29.8 Å². The van der Waals surface area contributed by atoms with Crippen LogP contribution in [-0.4, -0.2) is 28.6 Å². The van der Waals surface area contributed by atoms with E-state index >= 15 is 0 Å². The van der Waals surface area contributed by atoms with Crippen LogP contribution in [0.25, 0.3) is 11.0 Å². The smallest absolute Gasteiger partial charge is 0.251 e. The van der Waals surface area contributed by atoms with Crippen LogP contribution in [0.5, 0.6) is 5.75 Å². The highest BCUT2D eigenvalue weighted by Crippen LogP contribution is 2.19. The van der Waals surface area contributed by atoms with Crippen LogP contribution in [0.4, 0.5) is 4.39 Å². The number of carbonyl (C=O) groups excluding carboxylic acids is 1. The van der Waals surface area contributed by atoms with Gasteiger partial charge < -0.3 is 14.6 Å². The van der Waals surface area contributed by atoms with Crippen molar-refractivity contribution in [1.29, 1.82) is 0 Å². The lowest BCUT2D eigenvalue weighted by Crippen LogP contribution is -2.24. The van der Waals surface area contributed by atoms with Crippen LogP contribution in [0.15, 0.2) is 72.8 Å². The number of benzene rings is 3. The molecule has 0 bridgehead atoms. The molecular weight excluding hydrogens is 429 g/mol. The third-order valence-electron chi connectivity index (χ3n) is 5.81. The van der Waals surface area contributed by atoms with Gasteiger partial charge in [0.1, 0.15) is 24.0 Å². The number of rotatable bonds is 11. The molecule has 0 radical (unpaired) electrons. The highest BCUT2D eigenvalue weighted by molar-refractivity contribution is 5.94. The fourth-order valence-corrected chi connectivity index (χ4v) is 3.95. The predicted molar refractivity (Wildman–Crippen MR) is 133 cm³/mol. The summed E-state index contributed by atoms with van der Waals surface area (Å²) in [5, 5.41) is 2.90. The normalized spacial score (nSPS) is 11.0. The van der Waals surface area contributed by atoms with E-state index in [9.17, 15) is 9.18 Å². The summed E-state index contributed by atoms with van der Waals surface area (Å²) in [6.07, 6.45) is 3.70. The van der Waals surface area contributed by atoms with E-state index in [0.29, 0.717) is 18.7 Å². The van der Waals surface area contributed by atoms with Crippen molar-refractivity contribution in [1.82, 2.24) is 14.9 Å². The molecule has 0 spiro atoms. The minimum Gasteiger partial charge on any atom is -0.492 e. The number of hydrogen-bond acceptors (Lipinski definition) is 3. The molecule has 4 rings (SSSR count). The maximum absolute atomic E-state index is 13.0. The molecule has 5 nitrogen and oxygen atoms in total. The predicted octanol–water partition coefficient (Wildman–Crippen LogP) is 5.71. The summed E-state index contributed by atoms with van der Waals surface area (Å²) in [6.45, 7) is 3.97. The van der Waals surface area contributed by atoms with Crippen LogP contribution in [0, 0.1) is 12.7 Å². The maximum Gasteiger partial charge on any atom is 0.251 e. The second-order valence-corrected chi connectivity index (χ2v) is 8.40. The van der Waals surface area contributed by atoms with Gasteiger partial charge in [0.05, 0.1) is 17.6 Å². The van der Waals surface area contributed by atoms with Crippen molar-refractivity contribution in [3.63, 3.8) is 0 Å². The van der Waals surface area contributed by atoms with Gasteiger partial charge in [0.15, 0.2) is 0 Å². The van der Waals surface area contributed by atoms with Crippen molar-refractivity contribution >= 4 is 16.9 Å². The molecular formula is C28H30FN3O2. The number of fused-ring (bicyclic) bond motifs is 1. The van der Waals surface area contributed by atoms with E-state index in [1.807, 2.05) is 30.3 Å². The zero-order valence-corrected chi connectivity index (χ0v) is 19.5. The molecule has 0 aliphatic rings. The molecule has 4 aromatic rings. The van der Waals surface area contributed by atoms with E-state index in [4.69, 9.17) is 9.72 Å². The van der Waals surface area contributed by atoms with E-state index in [2.05, 4.69) is 35.0 Å². The van der Waals surface area contributed by atoms with Crippen molar-refractivity contribution in [3.05, 3.63) is 95.6 Å². The summed E-state index contributed by atoms with van der Waals surface area (Å²) in [5.41, 5.74) is 3.81. The largest absolute Gasteiger partial charge is 0.492 e. The molecule has 1 amide bonds. The lowest BCUT2D eigenvalue weighted by molar-refractivity contribution is 0.0953. The molecule has 34 heavy (non-hydrogen) atoms. The van der Waals surface area contributed by atoms with Crippen LogP contribution >= 0.6 is 0 Å². The first kappa shape index (κ1) is 23.5. The molecule has 0 atom stereocenters. The molecule has 6 heteroatoms. The third-order valence-corrected chi connectivity index (χ3v) is 5.81. The number of aryl methyl sites for hydroxylation is 2. The van der Waals surface area contributed by atoms with Gasteiger partial charge in [0.25, 0.3) is 5.91 Å². The Morgan fingerprint density at radius 3 is 2.53 bits per heavy atom. The summed E-state index contributed by atoms with van der Waals surface area (Å²) in [4.78, 5) is 17.0. The SMILES string of the molecule is Cc1ccc(OCCn2c(CCCCCNC(=O)c3ccc(F)cc3)nc3ccccc32)cc1. The Kier molecular flexibility index (Phi) is 7.91. The Balaban J connectivity index is 1.26. The van der Waals surface area contributed by atoms with Gasteiger partial charge in [-0.3, -0.25) is 4.79 Å². The molecule has 0 aliphatic carbocycles. The zero-order chi connectivity index (χ0) is 23.8. The average molecular weight is 460 g/mol. The van der Waals surface area contributed by atoms with Crippen LogP contribution in [-0.2, 0) is 13.0 Å². The van der Waals surface area contributed by atoms with Gasteiger partial charge in [0, 0.05) is 18.5 Å². The number of amides is 1. The Hall–Kier alpha value is -3.67. The maximum atomic E-state index is 13.0. The van der Waals surface area contributed by atoms with Crippen molar-refractivity contribution in [2.45, 2.75) is 39.2 Å². The fraction of sp³-hybridized carbons (Fsp3) is 0.286. The molecule has 1 heterocycles. The highest BCUT2D eigenvalue weighted by Gasteiger charge is 2.11. The van der Waals surface area contributed by atoms with Crippen LogP contribution < -0.4 is 10.1 Å². The number of carbonyl (C=O) groups is 1. The van der Waals surface area contributed by atoms with Crippen LogP contribution in [0.1, 0.15) is 41.0 Å². The monoisotopic (exact) mass is 459 g/mol. The number of nitrogens with zero attached hydrogens (tertiary/aromatic N) is 2. The first-order valence-electron chi connectivity index (χ1n) is 11.8. The molecule has 3 aromatic carbocycles. The van der Waals surface area contributed by atoms with Gasteiger partial charge in [-0.2, -0.15) is 0 Å². The third kappa shape index (κ3) is 6.22. The van der Waals surface area contributed by atoms with Gasteiger partial charge >= 0.3 is 0 Å². The highest BCUT2D eigenvalue weighted by atomic mass is 19.1. The molecule has 0 unspecified atom stereocenters. The lowest BCUT2D eigenvalue weighted by Gasteiger charge is -2.11. The first-order valence-corrected chi connectivity index (χ1v) is 11.8. The van der Waals surface area contributed by atoms with Crippen LogP contribution in [0.2, 0.25) is 0 Å². The zero-order valence-electron chi connectivity index (χ0n) is 19.5. The van der Waals surface area contributed by atoms with Crippen molar-refractivity contribution in [2.75, 3.05) is 13.2 Å². The van der Waals surface area contributed by atoms with Crippen molar-refractivity contribution in [3.8, 4) is 5.75 Å². The molecule has 1 N–H and O–H groups in total. The number of ether oxygens (including phenoxy) is 1. The standard InChI is InChI=1S/C28H30FN3O2/c1-21-10-16-24(17-11-21)34-20-19-32-26-8-5-4-7-25(26)31-27(32)9-3-2-6-18-30-28(33)22-12-14-23(29)15-13-22/h4-5,7-8,10-17H,2-3,6,9,18-20H2,1H3,(H,30,33). The minimum atomic E-state index is -0.343. The molecule has 1 aromatic heterocycles. The summed E-state index contributed by atoms with van der Waals surface area (Å²) >= 11 is 0. The second-order valence-electron chi connectivity index (χ2n) is 8.40. The number of aromatic nitrogens is 2. The number of nitrogens with one attached hydrogen (secondary N) is 1. The Morgan fingerprint density at radius 1 is 0.971 bits per heavy atom. The van der Waals surface area contributed by atoms with E-state index in [1.54, 1.807) is 0 Å². The summed E-state index contributed by atoms with van der Waals surface area (Å²) in [5.74, 6) is 1.42. The number of hydrogen-bond donors (Lipinski definition) is 1. The quantitative estimate of drug-likeness (QED) is 0.293. The number of halogens is 1. The van der Waals surface area contributed by atoms with Gasteiger partial charge in [-0.05, 0) is 68.3 Å². The van der Waals surface area contributed by atoms with Gasteiger partial charge in [-0.25, -0.2) is 9.37 Å². The second kappa shape index (κ2) is 11.5. The topological polar surface area (TPSA) is 56.1 Å². The summed E-state index contributed by atoms with van der Waals surface area (Å²) < 4.78 is 21.2. The Bertz CT molecular complexity index is 1220. The molecule has 0 aliphatic heterocycles. The molecule has 0 saturated heterocycles. The summed E-state index contributed by atoms with van der Waals surface area (Å²) in [7, 11) is 0. The van der Waals surface area contributed by atoms with Gasteiger partial charge in [0.2, 0.25) is 0 Å².